The van der Waals surface area contributed by atoms with Crippen molar-refractivity contribution in [3.63, 3.8) is 0 Å². The van der Waals surface area contributed by atoms with Gasteiger partial charge in [0.2, 0.25) is 0 Å². The number of aryl methyl sites for hydroxylation is 1. The zero-order valence-electron chi connectivity index (χ0n) is 13.1. The summed E-state index contributed by atoms with van der Waals surface area (Å²) in [6.45, 7) is 2.08. The summed E-state index contributed by atoms with van der Waals surface area (Å²) in [4.78, 5) is 12.8. The Morgan fingerprint density at radius 1 is 1.09 bits per heavy atom. The Kier molecular flexibility index (Phi) is 3.88. The van der Waals surface area contributed by atoms with Crippen LogP contribution in [0.4, 0.5) is 0 Å². The molecule has 2 aromatic rings. The highest BCUT2D eigenvalue weighted by Gasteiger charge is 2.44. The van der Waals surface area contributed by atoms with Crippen molar-refractivity contribution in [3.05, 3.63) is 59.2 Å². The van der Waals surface area contributed by atoms with Gasteiger partial charge in [0.15, 0.2) is 5.78 Å². The van der Waals surface area contributed by atoms with Gasteiger partial charge in [0.1, 0.15) is 11.5 Å². The number of Topliss-reactive ketones (excluding diaryl/α,β-unsaturated/α-hetero) is 1. The Labute approximate surface area is 130 Å². The van der Waals surface area contributed by atoms with Gasteiger partial charge in [-0.05, 0) is 43.0 Å². The predicted octanol–water partition coefficient (Wildman–Crippen LogP) is 4.00. The molecule has 114 valence electrons. The minimum Gasteiger partial charge on any atom is -0.497 e. The molecule has 0 aliphatic heterocycles. The lowest BCUT2D eigenvalue weighted by Crippen LogP contribution is -2.06. The third-order valence-corrected chi connectivity index (χ3v) is 4.27. The minimum atomic E-state index is 0.0443. The molecule has 3 nitrogen and oxygen atoms in total. The van der Waals surface area contributed by atoms with Crippen molar-refractivity contribution in [2.75, 3.05) is 14.2 Å². The van der Waals surface area contributed by atoms with E-state index in [1.807, 2.05) is 0 Å². The van der Waals surface area contributed by atoms with E-state index in [-0.39, 0.29) is 11.7 Å². The molecule has 2 unspecified atom stereocenters. The maximum Gasteiger partial charge on any atom is 0.170 e. The average Bonchev–Trinajstić information content (AvgIpc) is 3.34. The zero-order chi connectivity index (χ0) is 15.7. The van der Waals surface area contributed by atoms with E-state index >= 15 is 0 Å². The molecule has 0 radical (unpaired) electrons. The average molecular weight is 296 g/mol. The molecule has 1 fully saturated rings. The summed E-state index contributed by atoms with van der Waals surface area (Å²) in [6, 6.07) is 13.8. The molecule has 0 spiro atoms. The smallest absolute Gasteiger partial charge is 0.170 e. The van der Waals surface area contributed by atoms with Gasteiger partial charge in [-0.25, -0.2) is 0 Å². The highest BCUT2D eigenvalue weighted by molar-refractivity contribution is 6.03. The first-order chi connectivity index (χ1) is 10.6. The van der Waals surface area contributed by atoms with Gasteiger partial charge in [-0.3, -0.25) is 4.79 Å². The molecule has 22 heavy (non-hydrogen) atoms. The number of carbonyl (C=O) groups excluding carboxylic acids is 1. The molecule has 2 aromatic carbocycles. The summed E-state index contributed by atoms with van der Waals surface area (Å²) >= 11 is 0. The van der Waals surface area contributed by atoms with Gasteiger partial charge in [-0.2, -0.15) is 0 Å². The Morgan fingerprint density at radius 3 is 2.59 bits per heavy atom. The number of methoxy groups -OCH3 is 2. The lowest BCUT2D eigenvalue weighted by molar-refractivity contribution is 0.0962. The SMILES string of the molecule is COc1ccc(OC)c(C(=O)C2CC2c2cccc(C)c2)c1. The maximum absolute atomic E-state index is 12.8. The van der Waals surface area contributed by atoms with E-state index in [9.17, 15) is 4.79 Å². The van der Waals surface area contributed by atoms with Crippen molar-refractivity contribution in [1.29, 1.82) is 0 Å². The molecule has 0 aromatic heterocycles. The van der Waals surface area contributed by atoms with Crippen molar-refractivity contribution in [1.82, 2.24) is 0 Å². The third-order valence-electron chi connectivity index (χ3n) is 4.27. The van der Waals surface area contributed by atoms with E-state index in [0.717, 1.165) is 6.42 Å². The summed E-state index contributed by atoms with van der Waals surface area (Å²) in [7, 11) is 3.19. The molecular formula is C19H20O3. The van der Waals surface area contributed by atoms with Crippen molar-refractivity contribution < 1.29 is 14.3 Å². The van der Waals surface area contributed by atoms with Crippen LogP contribution in [0, 0.1) is 12.8 Å². The standard InChI is InChI=1S/C19H20O3/c1-12-5-4-6-13(9-12)15-11-16(15)19(20)17-10-14(21-2)7-8-18(17)22-3/h4-10,15-16H,11H2,1-3H3. The quantitative estimate of drug-likeness (QED) is 0.782. The Hall–Kier alpha value is -2.29. The normalized spacial score (nSPS) is 19.6. The van der Waals surface area contributed by atoms with Crippen LogP contribution in [0.15, 0.2) is 42.5 Å². The van der Waals surface area contributed by atoms with Crippen molar-refractivity contribution in [3.8, 4) is 11.5 Å². The lowest BCUT2D eigenvalue weighted by Gasteiger charge is -2.09. The van der Waals surface area contributed by atoms with Gasteiger partial charge in [0.05, 0.1) is 19.8 Å². The van der Waals surface area contributed by atoms with Crippen LogP contribution in [0.25, 0.3) is 0 Å². The number of ether oxygens (including phenoxy) is 2. The van der Waals surface area contributed by atoms with Crippen LogP contribution in [0.5, 0.6) is 11.5 Å². The fourth-order valence-electron chi connectivity index (χ4n) is 2.96. The second kappa shape index (κ2) is 5.84. The maximum atomic E-state index is 12.8. The van der Waals surface area contributed by atoms with Gasteiger partial charge < -0.3 is 9.47 Å². The topological polar surface area (TPSA) is 35.5 Å². The zero-order valence-corrected chi connectivity index (χ0v) is 13.1. The van der Waals surface area contributed by atoms with Crippen molar-refractivity contribution in [2.24, 2.45) is 5.92 Å². The molecule has 2 atom stereocenters. The van der Waals surface area contributed by atoms with Crippen molar-refractivity contribution in [2.45, 2.75) is 19.3 Å². The fourth-order valence-corrected chi connectivity index (χ4v) is 2.96. The largest absolute Gasteiger partial charge is 0.497 e. The number of hydrogen-bond donors (Lipinski definition) is 0. The van der Waals surface area contributed by atoms with Gasteiger partial charge in [-0.15, -0.1) is 0 Å². The number of rotatable bonds is 5. The Bertz CT molecular complexity index is 706. The van der Waals surface area contributed by atoms with Gasteiger partial charge >= 0.3 is 0 Å². The molecule has 1 saturated carbocycles. The molecule has 3 rings (SSSR count). The molecule has 3 heteroatoms. The molecule has 1 aliphatic carbocycles. The molecule has 0 bridgehead atoms. The number of carbonyl (C=O) groups is 1. The third kappa shape index (κ3) is 2.71. The highest BCUT2D eigenvalue weighted by Crippen LogP contribution is 2.50. The lowest BCUT2D eigenvalue weighted by atomic mass is 10.0. The van der Waals surface area contributed by atoms with Gasteiger partial charge in [-0.1, -0.05) is 29.8 Å². The second-order valence-electron chi connectivity index (χ2n) is 5.79. The van der Waals surface area contributed by atoms with Gasteiger partial charge in [0, 0.05) is 5.92 Å². The first-order valence-electron chi connectivity index (χ1n) is 7.47. The van der Waals surface area contributed by atoms with Crippen LogP contribution in [0.3, 0.4) is 0 Å². The Balaban J connectivity index is 1.84. The van der Waals surface area contributed by atoms with Crippen LogP contribution < -0.4 is 9.47 Å². The van der Waals surface area contributed by atoms with E-state index in [2.05, 4.69) is 31.2 Å². The van der Waals surface area contributed by atoms with Crippen molar-refractivity contribution >= 4 is 5.78 Å². The first kappa shape index (κ1) is 14.6. The first-order valence-corrected chi connectivity index (χ1v) is 7.47. The minimum absolute atomic E-state index is 0.0443. The number of ketones is 1. The molecule has 1 aliphatic rings. The molecule has 0 N–H and O–H groups in total. The summed E-state index contributed by atoms with van der Waals surface area (Å²) in [5, 5.41) is 0. The van der Waals surface area contributed by atoms with Crippen LogP contribution in [-0.2, 0) is 0 Å². The second-order valence-corrected chi connectivity index (χ2v) is 5.79. The van der Waals surface area contributed by atoms with E-state index in [1.165, 1.54) is 11.1 Å². The number of benzene rings is 2. The summed E-state index contributed by atoms with van der Waals surface area (Å²) < 4.78 is 10.6. The predicted molar refractivity (Wildman–Crippen MR) is 85.9 cm³/mol. The van der Waals surface area contributed by atoms with E-state index in [4.69, 9.17) is 9.47 Å². The van der Waals surface area contributed by atoms with Crippen LogP contribution >= 0.6 is 0 Å². The van der Waals surface area contributed by atoms with Crippen LogP contribution in [0.1, 0.15) is 33.8 Å². The fraction of sp³-hybridized carbons (Fsp3) is 0.316. The van der Waals surface area contributed by atoms with Crippen LogP contribution in [-0.4, -0.2) is 20.0 Å². The summed E-state index contributed by atoms with van der Waals surface area (Å²) in [5.41, 5.74) is 3.09. The van der Waals surface area contributed by atoms with E-state index in [1.54, 1.807) is 32.4 Å². The van der Waals surface area contributed by atoms with E-state index in [0.29, 0.717) is 23.0 Å². The summed E-state index contributed by atoms with van der Waals surface area (Å²) in [5.74, 6) is 1.80. The number of hydrogen-bond acceptors (Lipinski definition) is 3. The van der Waals surface area contributed by atoms with E-state index < -0.39 is 0 Å². The van der Waals surface area contributed by atoms with Gasteiger partial charge in [0.25, 0.3) is 0 Å². The summed E-state index contributed by atoms with van der Waals surface area (Å²) in [6.07, 6.45) is 0.905. The Morgan fingerprint density at radius 2 is 1.91 bits per heavy atom. The highest BCUT2D eigenvalue weighted by atomic mass is 16.5. The molecule has 0 amide bonds. The van der Waals surface area contributed by atoms with Crippen LogP contribution in [0.2, 0.25) is 0 Å². The molecular weight excluding hydrogens is 276 g/mol. The molecule has 0 saturated heterocycles. The molecule has 0 heterocycles. The monoisotopic (exact) mass is 296 g/mol.